The van der Waals surface area contributed by atoms with Crippen molar-refractivity contribution in [2.75, 3.05) is 0 Å². The molecule has 90 valence electrons. The SMILES string of the molecule is CCCCC(CC)C(=O)NCc1ncco1. The molecule has 0 radical (unpaired) electrons. The van der Waals surface area contributed by atoms with Crippen molar-refractivity contribution in [3.63, 3.8) is 0 Å². The molecule has 0 bridgehead atoms. The summed E-state index contributed by atoms with van der Waals surface area (Å²) >= 11 is 0. The van der Waals surface area contributed by atoms with E-state index in [0.29, 0.717) is 12.4 Å². The highest BCUT2D eigenvalue weighted by atomic mass is 16.3. The van der Waals surface area contributed by atoms with E-state index in [1.165, 1.54) is 6.26 Å². The number of carbonyl (C=O) groups excluding carboxylic acids is 1. The second-order valence-corrected chi connectivity index (χ2v) is 3.89. The van der Waals surface area contributed by atoms with E-state index in [4.69, 9.17) is 4.42 Å². The third kappa shape index (κ3) is 4.04. The fraction of sp³-hybridized carbons (Fsp3) is 0.667. The molecule has 4 heteroatoms. The topological polar surface area (TPSA) is 55.1 Å². The maximum absolute atomic E-state index is 11.8. The van der Waals surface area contributed by atoms with Gasteiger partial charge in [-0.05, 0) is 12.8 Å². The Morgan fingerprint density at radius 1 is 1.56 bits per heavy atom. The van der Waals surface area contributed by atoms with Crippen LogP contribution in [0.4, 0.5) is 0 Å². The highest BCUT2D eigenvalue weighted by molar-refractivity contribution is 5.78. The average molecular weight is 224 g/mol. The summed E-state index contributed by atoms with van der Waals surface area (Å²) in [5.74, 6) is 0.780. The van der Waals surface area contributed by atoms with Crippen LogP contribution in [0.1, 0.15) is 45.4 Å². The van der Waals surface area contributed by atoms with Crippen LogP contribution in [-0.4, -0.2) is 10.9 Å². The monoisotopic (exact) mass is 224 g/mol. The first-order valence-electron chi connectivity index (χ1n) is 5.94. The average Bonchev–Trinajstić information content (AvgIpc) is 2.80. The molecular weight excluding hydrogens is 204 g/mol. The number of aromatic nitrogens is 1. The lowest BCUT2D eigenvalue weighted by Gasteiger charge is -2.13. The van der Waals surface area contributed by atoms with Gasteiger partial charge in [-0.15, -0.1) is 0 Å². The van der Waals surface area contributed by atoms with Crippen molar-refractivity contribution in [2.24, 2.45) is 5.92 Å². The van der Waals surface area contributed by atoms with Gasteiger partial charge in [-0.3, -0.25) is 4.79 Å². The second-order valence-electron chi connectivity index (χ2n) is 3.89. The zero-order chi connectivity index (χ0) is 11.8. The summed E-state index contributed by atoms with van der Waals surface area (Å²) in [6.07, 6.45) is 7.17. The molecule has 1 unspecified atom stereocenters. The van der Waals surface area contributed by atoms with Crippen molar-refractivity contribution in [2.45, 2.75) is 46.1 Å². The molecule has 0 aliphatic heterocycles. The minimum Gasteiger partial charge on any atom is -0.447 e. The Hall–Kier alpha value is -1.32. The molecule has 0 saturated carbocycles. The number of hydrogen-bond acceptors (Lipinski definition) is 3. The lowest BCUT2D eigenvalue weighted by Crippen LogP contribution is -2.30. The summed E-state index contributed by atoms with van der Waals surface area (Å²) in [4.78, 5) is 15.7. The minimum atomic E-state index is 0.106. The predicted molar refractivity (Wildman–Crippen MR) is 61.7 cm³/mol. The van der Waals surface area contributed by atoms with Crippen molar-refractivity contribution in [1.82, 2.24) is 10.3 Å². The number of amides is 1. The van der Waals surface area contributed by atoms with Crippen molar-refractivity contribution >= 4 is 5.91 Å². The van der Waals surface area contributed by atoms with Crippen LogP contribution in [0.5, 0.6) is 0 Å². The van der Waals surface area contributed by atoms with Crippen molar-refractivity contribution in [3.8, 4) is 0 Å². The molecule has 0 aliphatic carbocycles. The van der Waals surface area contributed by atoms with Gasteiger partial charge in [0.05, 0.1) is 12.7 Å². The Labute approximate surface area is 96.4 Å². The summed E-state index contributed by atoms with van der Waals surface area (Å²) in [6.45, 7) is 4.57. The number of oxazole rings is 1. The molecule has 1 aromatic rings. The van der Waals surface area contributed by atoms with Crippen molar-refractivity contribution in [1.29, 1.82) is 0 Å². The Morgan fingerprint density at radius 3 is 2.94 bits per heavy atom. The first kappa shape index (κ1) is 12.7. The van der Waals surface area contributed by atoms with Gasteiger partial charge in [0, 0.05) is 5.92 Å². The normalized spacial score (nSPS) is 12.4. The van der Waals surface area contributed by atoms with Crippen LogP contribution in [0.15, 0.2) is 16.9 Å². The molecule has 16 heavy (non-hydrogen) atoms. The smallest absolute Gasteiger partial charge is 0.223 e. The number of nitrogens with one attached hydrogen (secondary N) is 1. The van der Waals surface area contributed by atoms with Crippen LogP contribution in [0.2, 0.25) is 0 Å². The van der Waals surface area contributed by atoms with E-state index in [-0.39, 0.29) is 11.8 Å². The summed E-state index contributed by atoms with van der Waals surface area (Å²) in [7, 11) is 0. The third-order valence-corrected chi connectivity index (χ3v) is 2.67. The van der Waals surface area contributed by atoms with E-state index >= 15 is 0 Å². The highest BCUT2D eigenvalue weighted by Gasteiger charge is 2.15. The summed E-state index contributed by atoms with van der Waals surface area (Å²) in [5.41, 5.74) is 0. The third-order valence-electron chi connectivity index (χ3n) is 2.67. The molecule has 1 heterocycles. The van der Waals surface area contributed by atoms with E-state index < -0.39 is 0 Å². The van der Waals surface area contributed by atoms with Gasteiger partial charge < -0.3 is 9.73 Å². The number of unbranched alkanes of at least 4 members (excludes halogenated alkanes) is 1. The molecule has 0 aromatic carbocycles. The summed E-state index contributed by atoms with van der Waals surface area (Å²) in [6, 6.07) is 0. The number of nitrogens with zero attached hydrogens (tertiary/aromatic N) is 1. The van der Waals surface area contributed by atoms with Gasteiger partial charge >= 0.3 is 0 Å². The molecular formula is C12H20N2O2. The van der Waals surface area contributed by atoms with Gasteiger partial charge in [-0.25, -0.2) is 4.98 Å². The van der Waals surface area contributed by atoms with Gasteiger partial charge in [0.2, 0.25) is 11.8 Å². The van der Waals surface area contributed by atoms with Gasteiger partial charge in [0.25, 0.3) is 0 Å². The van der Waals surface area contributed by atoms with Crippen molar-refractivity contribution in [3.05, 3.63) is 18.4 Å². The zero-order valence-electron chi connectivity index (χ0n) is 10.0. The lowest BCUT2D eigenvalue weighted by atomic mass is 9.98. The number of carbonyl (C=O) groups is 1. The van der Waals surface area contributed by atoms with Gasteiger partial charge in [-0.2, -0.15) is 0 Å². The minimum absolute atomic E-state index is 0.106. The zero-order valence-corrected chi connectivity index (χ0v) is 10.0. The van der Waals surface area contributed by atoms with E-state index in [2.05, 4.69) is 17.2 Å². The molecule has 4 nitrogen and oxygen atoms in total. The first-order valence-corrected chi connectivity index (χ1v) is 5.94. The van der Waals surface area contributed by atoms with E-state index in [1.54, 1.807) is 6.20 Å². The standard InChI is InChI=1S/C12H20N2O2/c1-3-5-6-10(4-2)12(15)14-9-11-13-7-8-16-11/h7-8,10H,3-6,9H2,1-2H3,(H,14,15). The predicted octanol–water partition coefficient (Wildman–Crippen LogP) is 2.51. The summed E-state index contributed by atoms with van der Waals surface area (Å²) < 4.78 is 5.05. The molecule has 1 rings (SSSR count). The largest absolute Gasteiger partial charge is 0.447 e. The van der Waals surface area contributed by atoms with Crippen molar-refractivity contribution < 1.29 is 9.21 Å². The van der Waals surface area contributed by atoms with E-state index in [9.17, 15) is 4.79 Å². The lowest BCUT2D eigenvalue weighted by molar-refractivity contribution is -0.125. The van der Waals surface area contributed by atoms with Crippen LogP contribution in [0, 0.1) is 5.92 Å². The molecule has 1 atom stereocenters. The Bertz CT molecular complexity index is 296. The van der Waals surface area contributed by atoms with E-state index in [0.717, 1.165) is 25.7 Å². The molecule has 0 fully saturated rings. The number of hydrogen-bond donors (Lipinski definition) is 1. The van der Waals surface area contributed by atoms with Gasteiger partial charge in [0.1, 0.15) is 6.26 Å². The Morgan fingerprint density at radius 2 is 2.38 bits per heavy atom. The fourth-order valence-corrected chi connectivity index (χ4v) is 1.62. The number of rotatable bonds is 7. The van der Waals surface area contributed by atoms with Crippen LogP contribution in [-0.2, 0) is 11.3 Å². The molecule has 1 amide bonds. The van der Waals surface area contributed by atoms with Crippen LogP contribution in [0.25, 0.3) is 0 Å². The maximum Gasteiger partial charge on any atom is 0.223 e. The fourth-order valence-electron chi connectivity index (χ4n) is 1.62. The first-order chi connectivity index (χ1) is 7.77. The van der Waals surface area contributed by atoms with E-state index in [1.807, 2.05) is 6.92 Å². The molecule has 0 saturated heterocycles. The highest BCUT2D eigenvalue weighted by Crippen LogP contribution is 2.12. The maximum atomic E-state index is 11.8. The molecule has 0 aliphatic rings. The van der Waals surface area contributed by atoms with Gasteiger partial charge in [0.15, 0.2) is 0 Å². The quantitative estimate of drug-likeness (QED) is 0.774. The Balaban J connectivity index is 2.31. The summed E-state index contributed by atoms with van der Waals surface area (Å²) in [5, 5.41) is 2.85. The second kappa shape index (κ2) is 7.04. The van der Waals surface area contributed by atoms with Gasteiger partial charge in [-0.1, -0.05) is 26.7 Å². The van der Waals surface area contributed by atoms with Crippen LogP contribution < -0.4 is 5.32 Å². The van der Waals surface area contributed by atoms with Crippen LogP contribution >= 0.6 is 0 Å². The van der Waals surface area contributed by atoms with Crippen LogP contribution in [0.3, 0.4) is 0 Å². The Kier molecular flexibility index (Phi) is 5.61. The molecule has 0 spiro atoms. The molecule has 1 N–H and O–H groups in total. The molecule has 1 aromatic heterocycles.